The molecule has 1 saturated heterocycles. The number of amides is 1. The lowest BCUT2D eigenvalue weighted by Gasteiger charge is -2.41. The smallest absolute Gasteiger partial charge is 0.322 e. The number of ether oxygens (including phenoxy) is 3. The van der Waals surface area contributed by atoms with Gasteiger partial charge in [-0.1, -0.05) is 18.7 Å². The molecule has 2 rings (SSSR count). The van der Waals surface area contributed by atoms with Gasteiger partial charge in [0.15, 0.2) is 11.2 Å². The largest absolute Gasteiger partial charge is 0.462 e. The van der Waals surface area contributed by atoms with Crippen molar-refractivity contribution in [1.82, 2.24) is 0 Å². The van der Waals surface area contributed by atoms with Gasteiger partial charge in [-0.05, 0) is 44.4 Å². The summed E-state index contributed by atoms with van der Waals surface area (Å²) in [4.78, 5) is 36.8. The van der Waals surface area contributed by atoms with Crippen LogP contribution in [0.15, 0.2) is 36.4 Å². The fraction of sp³-hybridized carbons (Fsp3) is 0.500. The van der Waals surface area contributed by atoms with Crippen LogP contribution >= 0.6 is 0 Å². The van der Waals surface area contributed by atoms with Gasteiger partial charge in [-0.2, -0.15) is 0 Å². The van der Waals surface area contributed by atoms with Crippen LogP contribution in [0.2, 0.25) is 0 Å². The molecule has 3 atom stereocenters. The number of hydrogen-bond acceptors (Lipinski definition) is 6. The summed E-state index contributed by atoms with van der Waals surface area (Å²) in [6.07, 6.45) is -0.0491. The van der Waals surface area contributed by atoms with Gasteiger partial charge < -0.3 is 19.5 Å². The number of methoxy groups -OCH3 is 1. The van der Waals surface area contributed by atoms with Crippen LogP contribution in [0.4, 0.5) is 5.69 Å². The summed E-state index contributed by atoms with van der Waals surface area (Å²) in [5.74, 6) is -1.10. The molecule has 0 aliphatic carbocycles. The number of ketones is 1. The van der Waals surface area contributed by atoms with Crippen molar-refractivity contribution in [3.05, 3.63) is 42.0 Å². The van der Waals surface area contributed by atoms with Gasteiger partial charge in [0.1, 0.15) is 6.61 Å². The second-order valence-corrected chi connectivity index (χ2v) is 7.37. The van der Waals surface area contributed by atoms with Gasteiger partial charge in [-0.25, -0.2) is 0 Å². The zero-order valence-electron chi connectivity index (χ0n) is 17.4. The van der Waals surface area contributed by atoms with Crippen LogP contribution in [0.25, 0.3) is 0 Å². The third-order valence-corrected chi connectivity index (χ3v) is 5.18. The Morgan fingerprint density at radius 1 is 1.24 bits per heavy atom. The predicted octanol–water partition coefficient (Wildman–Crippen LogP) is 2.69. The monoisotopic (exact) mass is 403 g/mol. The zero-order chi connectivity index (χ0) is 21.6. The molecule has 1 N–H and O–H groups in total. The lowest BCUT2D eigenvalue weighted by molar-refractivity contribution is -0.178. The maximum Gasteiger partial charge on any atom is 0.322 e. The molecule has 158 valence electrons. The minimum atomic E-state index is -1.45. The Labute approximate surface area is 171 Å². The number of rotatable bonds is 8. The third-order valence-electron chi connectivity index (χ3n) is 5.18. The van der Waals surface area contributed by atoms with Crippen LogP contribution in [0.3, 0.4) is 0 Å². The zero-order valence-corrected chi connectivity index (χ0v) is 17.4. The molecule has 0 aromatic heterocycles. The Hall–Kier alpha value is -2.51. The van der Waals surface area contributed by atoms with Gasteiger partial charge in [0.25, 0.3) is 0 Å². The third kappa shape index (κ3) is 5.31. The molecule has 1 aromatic carbocycles. The predicted molar refractivity (Wildman–Crippen MR) is 108 cm³/mol. The van der Waals surface area contributed by atoms with E-state index >= 15 is 0 Å². The van der Waals surface area contributed by atoms with Gasteiger partial charge in [0, 0.05) is 25.3 Å². The van der Waals surface area contributed by atoms with Crippen molar-refractivity contribution in [1.29, 1.82) is 0 Å². The Kier molecular flexibility index (Phi) is 7.70. The van der Waals surface area contributed by atoms with Gasteiger partial charge in [-0.15, -0.1) is 0 Å². The number of aryl methyl sites for hydroxylation is 1. The van der Waals surface area contributed by atoms with Crippen LogP contribution in [0.5, 0.6) is 0 Å². The van der Waals surface area contributed by atoms with Crippen LogP contribution in [-0.2, 0) is 35.0 Å². The van der Waals surface area contributed by atoms with Crippen LogP contribution in [0, 0.1) is 5.41 Å². The lowest BCUT2D eigenvalue weighted by atomic mass is 9.72. The van der Waals surface area contributed by atoms with Gasteiger partial charge in [0.05, 0.1) is 18.8 Å². The molecule has 7 heteroatoms. The topological polar surface area (TPSA) is 90.9 Å². The molecular formula is C22H29NO6. The summed E-state index contributed by atoms with van der Waals surface area (Å²) in [6.45, 7) is 8.88. The van der Waals surface area contributed by atoms with E-state index in [1.807, 2.05) is 24.3 Å². The Morgan fingerprint density at radius 2 is 1.90 bits per heavy atom. The highest BCUT2D eigenvalue weighted by Gasteiger charge is 2.54. The number of esters is 1. The van der Waals surface area contributed by atoms with Crippen molar-refractivity contribution in [2.45, 2.75) is 45.8 Å². The molecule has 1 aliphatic heterocycles. The quantitative estimate of drug-likeness (QED) is 0.311. The fourth-order valence-corrected chi connectivity index (χ4v) is 3.33. The Bertz CT molecular complexity index is 772. The second kappa shape index (κ2) is 9.80. The van der Waals surface area contributed by atoms with E-state index in [1.165, 1.54) is 14.0 Å². The molecule has 1 fully saturated rings. The first-order chi connectivity index (χ1) is 13.7. The number of benzene rings is 1. The van der Waals surface area contributed by atoms with Gasteiger partial charge in [-0.3, -0.25) is 14.4 Å². The van der Waals surface area contributed by atoms with Crippen LogP contribution in [-0.4, -0.2) is 50.2 Å². The van der Waals surface area contributed by atoms with Crippen LogP contribution < -0.4 is 5.32 Å². The first-order valence-corrected chi connectivity index (χ1v) is 9.61. The first-order valence-electron chi connectivity index (χ1n) is 9.61. The highest BCUT2D eigenvalue weighted by molar-refractivity contribution is 6.13. The van der Waals surface area contributed by atoms with Crippen LogP contribution in [0.1, 0.15) is 32.8 Å². The molecule has 0 spiro atoms. The van der Waals surface area contributed by atoms with E-state index in [0.29, 0.717) is 18.5 Å². The SMILES string of the molecule is C=C1C(=O)[C@](C)(C(=O)OCCOC)C(CCc2ccc(NC(C)=O)cc2)O[C@@H]1C. The molecule has 0 radical (unpaired) electrons. The molecule has 0 saturated carbocycles. The number of nitrogens with one attached hydrogen (secondary N) is 1. The minimum absolute atomic E-state index is 0.0670. The van der Waals surface area contributed by atoms with Crippen molar-refractivity contribution >= 4 is 23.3 Å². The second-order valence-electron chi connectivity index (χ2n) is 7.37. The number of carbonyl (C=O) groups is 3. The van der Waals surface area contributed by atoms with E-state index in [9.17, 15) is 14.4 Å². The van der Waals surface area contributed by atoms with E-state index < -0.39 is 23.6 Å². The molecular weight excluding hydrogens is 374 g/mol. The standard InChI is InChI=1S/C22H29NO6/c1-14-15(2)29-19(22(4,20(14)25)21(26)28-13-12-27-5)11-8-17-6-9-18(10-7-17)23-16(3)24/h6-7,9-10,15,19H,1,8,11-13H2,2-5H3,(H,23,24)/t15-,19?,22-/m1/s1. The fourth-order valence-electron chi connectivity index (χ4n) is 3.33. The van der Waals surface area contributed by atoms with E-state index in [1.54, 1.807) is 13.8 Å². The summed E-state index contributed by atoms with van der Waals surface area (Å²) in [5, 5.41) is 2.72. The normalized spacial score (nSPS) is 24.3. The summed E-state index contributed by atoms with van der Waals surface area (Å²) >= 11 is 0. The molecule has 1 heterocycles. The molecule has 1 aliphatic rings. The summed E-state index contributed by atoms with van der Waals surface area (Å²) < 4.78 is 16.2. The van der Waals surface area contributed by atoms with E-state index in [4.69, 9.17) is 14.2 Å². The highest BCUT2D eigenvalue weighted by Crippen LogP contribution is 2.39. The number of carbonyl (C=O) groups excluding carboxylic acids is 3. The maximum absolute atomic E-state index is 12.9. The first kappa shape index (κ1) is 22.8. The van der Waals surface area contributed by atoms with E-state index in [0.717, 1.165) is 5.56 Å². The molecule has 1 aromatic rings. The molecule has 7 nitrogen and oxygen atoms in total. The maximum atomic E-state index is 12.9. The molecule has 1 unspecified atom stereocenters. The average molecular weight is 403 g/mol. The Balaban J connectivity index is 2.14. The summed E-state index contributed by atoms with van der Waals surface area (Å²) in [6, 6.07) is 7.41. The number of Topliss-reactive ketones (excluding diaryl/α,β-unsaturated/α-hetero) is 1. The van der Waals surface area contributed by atoms with Crippen molar-refractivity contribution in [2.24, 2.45) is 5.41 Å². The summed E-state index contributed by atoms with van der Waals surface area (Å²) in [5.41, 5.74) is 0.532. The van der Waals surface area contributed by atoms with Gasteiger partial charge in [0.2, 0.25) is 5.91 Å². The number of anilines is 1. The molecule has 29 heavy (non-hydrogen) atoms. The molecule has 1 amide bonds. The summed E-state index contributed by atoms with van der Waals surface area (Å²) in [7, 11) is 1.51. The average Bonchev–Trinajstić information content (AvgIpc) is 2.69. The van der Waals surface area contributed by atoms with Crippen molar-refractivity contribution in [3.8, 4) is 0 Å². The van der Waals surface area contributed by atoms with Crippen molar-refractivity contribution in [2.75, 3.05) is 25.6 Å². The Morgan fingerprint density at radius 3 is 2.48 bits per heavy atom. The van der Waals surface area contributed by atoms with E-state index in [2.05, 4.69) is 11.9 Å². The minimum Gasteiger partial charge on any atom is -0.462 e. The number of hydrogen-bond donors (Lipinski definition) is 1. The van der Waals surface area contributed by atoms with Gasteiger partial charge >= 0.3 is 5.97 Å². The molecule has 0 bridgehead atoms. The highest BCUT2D eigenvalue weighted by atomic mass is 16.6. The van der Waals surface area contributed by atoms with E-state index in [-0.39, 0.29) is 30.5 Å². The lowest BCUT2D eigenvalue weighted by Crippen LogP contribution is -2.55. The van der Waals surface area contributed by atoms with Crippen molar-refractivity contribution in [3.63, 3.8) is 0 Å². The van der Waals surface area contributed by atoms with Crippen molar-refractivity contribution < 1.29 is 28.6 Å².